The van der Waals surface area contributed by atoms with Crippen molar-refractivity contribution in [1.29, 1.82) is 0 Å². The number of rotatable bonds is 6. The Morgan fingerprint density at radius 1 is 1.14 bits per heavy atom. The molecule has 1 aliphatic carbocycles. The van der Waals surface area contributed by atoms with E-state index in [2.05, 4.69) is 73.0 Å². The molecule has 1 aromatic carbocycles. The highest BCUT2D eigenvalue weighted by Gasteiger charge is 2.11. The van der Waals surface area contributed by atoms with E-state index in [0.29, 0.717) is 12.6 Å². The van der Waals surface area contributed by atoms with Crippen LogP contribution in [0.4, 0.5) is 0 Å². The first-order chi connectivity index (χ1) is 10.7. The maximum atomic E-state index is 4.69. The predicted molar refractivity (Wildman–Crippen MR) is 93.9 cm³/mol. The summed E-state index contributed by atoms with van der Waals surface area (Å²) in [6.45, 7) is 4.66. The van der Waals surface area contributed by atoms with Gasteiger partial charge in [-0.3, -0.25) is 0 Å². The molecule has 0 amide bonds. The van der Waals surface area contributed by atoms with Crippen LogP contribution in [0, 0.1) is 0 Å². The minimum absolute atomic E-state index is 0.486. The number of nitrogens with zero attached hydrogens (tertiary/aromatic N) is 2. The summed E-state index contributed by atoms with van der Waals surface area (Å²) in [6, 6.07) is 9.20. The van der Waals surface area contributed by atoms with E-state index in [4.69, 9.17) is 4.99 Å². The van der Waals surface area contributed by atoms with Crippen molar-refractivity contribution < 1.29 is 0 Å². The average molecular weight is 300 g/mol. The van der Waals surface area contributed by atoms with Gasteiger partial charge in [-0.2, -0.15) is 0 Å². The third-order valence-electron chi connectivity index (χ3n) is 3.63. The monoisotopic (exact) mass is 300 g/mol. The van der Waals surface area contributed by atoms with Crippen molar-refractivity contribution in [1.82, 2.24) is 15.5 Å². The van der Waals surface area contributed by atoms with Crippen LogP contribution in [-0.4, -0.2) is 37.5 Å². The van der Waals surface area contributed by atoms with Gasteiger partial charge in [-0.05, 0) is 45.0 Å². The van der Waals surface area contributed by atoms with Crippen LogP contribution in [0.3, 0.4) is 0 Å². The molecule has 1 aliphatic rings. The number of guanidine groups is 1. The second-order valence-electron chi connectivity index (χ2n) is 6.03. The normalized spacial score (nSPS) is 15.5. The third-order valence-corrected chi connectivity index (χ3v) is 3.63. The van der Waals surface area contributed by atoms with E-state index < -0.39 is 0 Å². The van der Waals surface area contributed by atoms with Crippen molar-refractivity contribution in [3.8, 4) is 0 Å². The molecular formula is C18H28N4. The largest absolute Gasteiger partial charge is 0.357 e. The molecule has 120 valence electrons. The van der Waals surface area contributed by atoms with Crippen LogP contribution in [0.15, 0.2) is 41.4 Å². The Hall–Kier alpha value is -1.81. The molecule has 0 unspecified atom stereocenters. The smallest absolute Gasteiger partial charge is 0.191 e. The van der Waals surface area contributed by atoms with Gasteiger partial charge in [-0.1, -0.05) is 36.4 Å². The van der Waals surface area contributed by atoms with Crippen LogP contribution in [0.25, 0.3) is 0 Å². The minimum Gasteiger partial charge on any atom is -0.357 e. The van der Waals surface area contributed by atoms with Gasteiger partial charge < -0.3 is 15.5 Å². The number of aliphatic imine (C=N–C) groups is 1. The van der Waals surface area contributed by atoms with Crippen molar-refractivity contribution in [2.45, 2.75) is 38.9 Å². The number of hydrogen-bond acceptors (Lipinski definition) is 2. The molecule has 0 saturated carbocycles. The van der Waals surface area contributed by atoms with Gasteiger partial charge in [0.25, 0.3) is 0 Å². The van der Waals surface area contributed by atoms with E-state index in [9.17, 15) is 0 Å². The van der Waals surface area contributed by atoms with Gasteiger partial charge in [-0.25, -0.2) is 4.99 Å². The lowest BCUT2D eigenvalue weighted by Crippen LogP contribution is -2.42. The molecule has 0 aromatic heterocycles. The van der Waals surface area contributed by atoms with Crippen LogP contribution in [0.1, 0.15) is 30.9 Å². The van der Waals surface area contributed by atoms with Crippen molar-refractivity contribution in [2.75, 3.05) is 20.6 Å². The second kappa shape index (κ2) is 8.59. The summed E-state index contributed by atoms with van der Waals surface area (Å²) < 4.78 is 0. The van der Waals surface area contributed by atoms with Gasteiger partial charge in [-0.15, -0.1) is 0 Å². The molecule has 0 saturated heterocycles. The second-order valence-corrected chi connectivity index (χ2v) is 6.03. The molecular weight excluding hydrogens is 272 g/mol. The van der Waals surface area contributed by atoms with Gasteiger partial charge in [0.2, 0.25) is 0 Å². The van der Waals surface area contributed by atoms with Crippen molar-refractivity contribution in [3.63, 3.8) is 0 Å². The first-order valence-corrected chi connectivity index (χ1v) is 8.09. The fourth-order valence-electron chi connectivity index (χ4n) is 2.53. The maximum absolute atomic E-state index is 4.69. The van der Waals surface area contributed by atoms with Crippen LogP contribution in [-0.2, 0) is 13.1 Å². The highest BCUT2D eigenvalue weighted by molar-refractivity contribution is 5.80. The maximum Gasteiger partial charge on any atom is 0.191 e. The highest BCUT2D eigenvalue weighted by atomic mass is 15.2. The Morgan fingerprint density at radius 3 is 2.36 bits per heavy atom. The average Bonchev–Trinajstić information content (AvgIpc) is 2.99. The van der Waals surface area contributed by atoms with Crippen molar-refractivity contribution in [3.05, 3.63) is 47.5 Å². The molecule has 0 bridgehead atoms. The lowest BCUT2D eigenvalue weighted by molar-refractivity contribution is 0.402. The SMILES string of the molecule is CCNC(=NCc1ccc(CN(C)C)cc1)NC1CC=CC1. The molecule has 0 aliphatic heterocycles. The number of benzene rings is 1. The molecule has 0 fully saturated rings. The highest BCUT2D eigenvalue weighted by Crippen LogP contribution is 2.10. The lowest BCUT2D eigenvalue weighted by Gasteiger charge is -2.16. The summed E-state index contributed by atoms with van der Waals surface area (Å²) in [5.74, 6) is 0.911. The third kappa shape index (κ3) is 5.53. The molecule has 0 atom stereocenters. The Bertz CT molecular complexity index is 494. The fourth-order valence-corrected chi connectivity index (χ4v) is 2.53. The predicted octanol–water partition coefficient (Wildman–Crippen LogP) is 2.52. The lowest BCUT2D eigenvalue weighted by atomic mass is 10.1. The molecule has 0 heterocycles. The molecule has 22 heavy (non-hydrogen) atoms. The standard InChI is InChI=1S/C18H28N4/c1-4-19-18(21-17-7-5-6-8-17)20-13-15-9-11-16(12-10-15)14-22(2)3/h5-6,9-12,17H,4,7-8,13-14H2,1-3H3,(H2,19,20,21). The molecule has 2 rings (SSSR count). The summed E-state index contributed by atoms with van der Waals surface area (Å²) in [6.07, 6.45) is 6.63. The molecule has 2 N–H and O–H groups in total. The van der Waals surface area contributed by atoms with Crippen LogP contribution in [0.2, 0.25) is 0 Å². The summed E-state index contributed by atoms with van der Waals surface area (Å²) in [5.41, 5.74) is 2.57. The van der Waals surface area contributed by atoms with E-state index in [1.807, 2.05) is 0 Å². The molecule has 4 nitrogen and oxygen atoms in total. The van der Waals surface area contributed by atoms with Gasteiger partial charge in [0.15, 0.2) is 5.96 Å². The summed E-state index contributed by atoms with van der Waals surface area (Å²) in [4.78, 5) is 6.87. The molecule has 0 radical (unpaired) electrons. The van der Waals surface area contributed by atoms with E-state index in [1.54, 1.807) is 0 Å². The van der Waals surface area contributed by atoms with Gasteiger partial charge in [0.05, 0.1) is 6.54 Å². The van der Waals surface area contributed by atoms with E-state index in [-0.39, 0.29) is 0 Å². The Labute approximate surface area is 134 Å². The van der Waals surface area contributed by atoms with E-state index in [0.717, 1.165) is 31.9 Å². The number of hydrogen-bond donors (Lipinski definition) is 2. The summed E-state index contributed by atoms with van der Waals surface area (Å²) in [7, 11) is 4.18. The number of nitrogens with one attached hydrogen (secondary N) is 2. The zero-order valence-electron chi connectivity index (χ0n) is 14.0. The summed E-state index contributed by atoms with van der Waals surface area (Å²) in [5, 5.41) is 6.82. The van der Waals surface area contributed by atoms with Crippen molar-refractivity contribution >= 4 is 5.96 Å². The Balaban J connectivity index is 1.91. The first kappa shape index (κ1) is 16.6. The summed E-state index contributed by atoms with van der Waals surface area (Å²) >= 11 is 0. The molecule has 1 aromatic rings. The Kier molecular flexibility index (Phi) is 6.46. The zero-order valence-corrected chi connectivity index (χ0v) is 14.0. The Morgan fingerprint density at radius 2 is 1.77 bits per heavy atom. The quantitative estimate of drug-likeness (QED) is 0.482. The van der Waals surface area contributed by atoms with Gasteiger partial charge in [0.1, 0.15) is 0 Å². The molecule has 0 spiro atoms. The fraction of sp³-hybridized carbons (Fsp3) is 0.500. The van der Waals surface area contributed by atoms with Crippen molar-refractivity contribution in [2.24, 2.45) is 4.99 Å². The zero-order chi connectivity index (χ0) is 15.8. The van der Waals surface area contributed by atoms with Crippen LogP contribution in [0.5, 0.6) is 0 Å². The topological polar surface area (TPSA) is 39.7 Å². The van der Waals surface area contributed by atoms with Crippen LogP contribution >= 0.6 is 0 Å². The van der Waals surface area contributed by atoms with E-state index in [1.165, 1.54) is 11.1 Å². The molecule has 4 heteroatoms. The van der Waals surface area contributed by atoms with Crippen LogP contribution < -0.4 is 10.6 Å². The van der Waals surface area contributed by atoms with E-state index >= 15 is 0 Å². The van der Waals surface area contributed by atoms with Gasteiger partial charge >= 0.3 is 0 Å². The first-order valence-electron chi connectivity index (χ1n) is 8.09. The minimum atomic E-state index is 0.486. The van der Waals surface area contributed by atoms with Gasteiger partial charge in [0, 0.05) is 19.1 Å².